The number of alkyl halides is 2. The molecule has 1 aliphatic heterocycles. The first-order valence-corrected chi connectivity index (χ1v) is 6.01. The summed E-state index contributed by atoms with van der Waals surface area (Å²) in [6.45, 7) is 0.805. The topological polar surface area (TPSA) is 41.1 Å². The van der Waals surface area contributed by atoms with Gasteiger partial charge in [0.05, 0.1) is 12.1 Å². The zero-order chi connectivity index (χ0) is 11.6. The first-order chi connectivity index (χ1) is 7.59. The summed E-state index contributed by atoms with van der Waals surface area (Å²) in [5.41, 5.74) is 0. The second-order valence-corrected chi connectivity index (χ2v) is 4.72. The standard InChI is InChI=1S/C11H18F2N2O/c12-11(13)6-2-1-5-9(11)15-10(16)8-4-3-7-14-8/h8-9,14H,1-7H2,(H,15,16). The van der Waals surface area contributed by atoms with Crippen LogP contribution in [0.1, 0.15) is 38.5 Å². The third kappa shape index (κ3) is 2.51. The highest BCUT2D eigenvalue weighted by atomic mass is 19.3. The Balaban J connectivity index is 1.89. The van der Waals surface area contributed by atoms with Gasteiger partial charge in [0.2, 0.25) is 5.91 Å². The van der Waals surface area contributed by atoms with Crippen molar-refractivity contribution in [1.29, 1.82) is 0 Å². The zero-order valence-electron chi connectivity index (χ0n) is 9.27. The molecule has 16 heavy (non-hydrogen) atoms. The molecule has 5 heteroatoms. The van der Waals surface area contributed by atoms with Crippen molar-refractivity contribution in [2.24, 2.45) is 0 Å². The van der Waals surface area contributed by atoms with E-state index in [1.165, 1.54) is 0 Å². The Morgan fingerprint density at radius 2 is 2.06 bits per heavy atom. The molecule has 0 aromatic rings. The van der Waals surface area contributed by atoms with Crippen molar-refractivity contribution < 1.29 is 13.6 Å². The van der Waals surface area contributed by atoms with Gasteiger partial charge in [-0.15, -0.1) is 0 Å². The summed E-state index contributed by atoms with van der Waals surface area (Å²) < 4.78 is 27.0. The molecule has 2 N–H and O–H groups in total. The molecular weight excluding hydrogens is 214 g/mol. The van der Waals surface area contributed by atoms with Gasteiger partial charge in [-0.3, -0.25) is 4.79 Å². The van der Waals surface area contributed by atoms with E-state index in [-0.39, 0.29) is 18.4 Å². The second kappa shape index (κ2) is 4.65. The number of hydrogen-bond acceptors (Lipinski definition) is 2. The Hall–Kier alpha value is -0.710. The lowest BCUT2D eigenvalue weighted by Crippen LogP contribution is -2.53. The van der Waals surface area contributed by atoms with E-state index in [0.29, 0.717) is 12.8 Å². The molecule has 1 amide bonds. The maximum atomic E-state index is 13.5. The van der Waals surface area contributed by atoms with Crippen LogP contribution in [-0.4, -0.2) is 30.5 Å². The average molecular weight is 232 g/mol. The van der Waals surface area contributed by atoms with Gasteiger partial charge >= 0.3 is 0 Å². The molecule has 3 nitrogen and oxygen atoms in total. The summed E-state index contributed by atoms with van der Waals surface area (Å²) in [4.78, 5) is 11.7. The number of amides is 1. The number of nitrogens with one attached hydrogen (secondary N) is 2. The van der Waals surface area contributed by atoms with Crippen molar-refractivity contribution in [1.82, 2.24) is 10.6 Å². The van der Waals surface area contributed by atoms with Crippen molar-refractivity contribution in [3.05, 3.63) is 0 Å². The van der Waals surface area contributed by atoms with Gasteiger partial charge in [0.15, 0.2) is 0 Å². The van der Waals surface area contributed by atoms with Crippen LogP contribution in [0, 0.1) is 0 Å². The minimum Gasteiger partial charge on any atom is -0.346 e. The highest BCUT2D eigenvalue weighted by Gasteiger charge is 2.42. The Labute approximate surface area is 94.0 Å². The molecule has 2 aliphatic rings. The molecule has 0 radical (unpaired) electrons. The van der Waals surface area contributed by atoms with Crippen molar-refractivity contribution in [2.75, 3.05) is 6.54 Å². The maximum absolute atomic E-state index is 13.5. The quantitative estimate of drug-likeness (QED) is 0.756. The average Bonchev–Trinajstić information content (AvgIpc) is 2.74. The molecule has 0 aromatic heterocycles. The molecular formula is C11H18F2N2O. The monoisotopic (exact) mass is 232 g/mol. The van der Waals surface area contributed by atoms with Gasteiger partial charge in [0.25, 0.3) is 5.92 Å². The molecule has 1 saturated carbocycles. The van der Waals surface area contributed by atoms with E-state index in [1.54, 1.807) is 0 Å². The van der Waals surface area contributed by atoms with Crippen LogP contribution in [0.4, 0.5) is 8.78 Å². The fraction of sp³-hybridized carbons (Fsp3) is 0.909. The predicted molar refractivity (Wildman–Crippen MR) is 56.4 cm³/mol. The van der Waals surface area contributed by atoms with Crippen molar-refractivity contribution in [3.8, 4) is 0 Å². The summed E-state index contributed by atoms with van der Waals surface area (Å²) in [7, 11) is 0. The van der Waals surface area contributed by atoms with Gasteiger partial charge in [0.1, 0.15) is 0 Å². The van der Waals surface area contributed by atoms with Crippen LogP contribution >= 0.6 is 0 Å². The molecule has 2 fully saturated rings. The van der Waals surface area contributed by atoms with Crippen LogP contribution in [0.3, 0.4) is 0 Å². The second-order valence-electron chi connectivity index (χ2n) is 4.72. The molecule has 2 unspecified atom stereocenters. The third-order valence-electron chi connectivity index (χ3n) is 3.46. The Kier molecular flexibility index (Phi) is 3.42. The van der Waals surface area contributed by atoms with Crippen LogP contribution in [0.15, 0.2) is 0 Å². The molecule has 0 aromatic carbocycles. The normalized spacial score (nSPS) is 33.6. The first kappa shape index (κ1) is 11.8. The number of halogens is 2. The van der Waals surface area contributed by atoms with E-state index < -0.39 is 12.0 Å². The Morgan fingerprint density at radius 1 is 1.25 bits per heavy atom. The highest BCUT2D eigenvalue weighted by Crippen LogP contribution is 2.33. The van der Waals surface area contributed by atoms with Crippen molar-refractivity contribution in [2.45, 2.75) is 56.5 Å². The van der Waals surface area contributed by atoms with Gasteiger partial charge < -0.3 is 10.6 Å². The molecule has 1 heterocycles. The minimum absolute atomic E-state index is 0.101. The molecule has 1 saturated heterocycles. The Bertz CT molecular complexity index is 265. The summed E-state index contributed by atoms with van der Waals surface area (Å²) in [6.07, 6.45) is 3.32. The molecule has 92 valence electrons. The van der Waals surface area contributed by atoms with Crippen LogP contribution in [0.25, 0.3) is 0 Å². The maximum Gasteiger partial charge on any atom is 0.267 e. The summed E-state index contributed by atoms with van der Waals surface area (Å²) in [5.74, 6) is -2.99. The van der Waals surface area contributed by atoms with Gasteiger partial charge in [-0.1, -0.05) is 6.42 Å². The zero-order valence-corrected chi connectivity index (χ0v) is 9.27. The Morgan fingerprint density at radius 3 is 2.69 bits per heavy atom. The number of rotatable bonds is 2. The minimum atomic E-state index is -2.73. The fourth-order valence-electron chi connectivity index (χ4n) is 2.45. The fourth-order valence-corrected chi connectivity index (χ4v) is 2.45. The predicted octanol–water partition coefficient (Wildman–Crippen LogP) is 1.43. The van der Waals surface area contributed by atoms with E-state index >= 15 is 0 Å². The van der Waals surface area contributed by atoms with Crippen LogP contribution in [-0.2, 0) is 4.79 Å². The van der Waals surface area contributed by atoms with E-state index in [1.807, 2.05) is 0 Å². The van der Waals surface area contributed by atoms with Gasteiger partial charge in [-0.2, -0.15) is 0 Å². The smallest absolute Gasteiger partial charge is 0.267 e. The lowest BCUT2D eigenvalue weighted by molar-refractivity contribution is -0.129. The van der Waals surface area contributed by atoms with Gasteiger partial charge in [-0.05, 0) is 32.2 Å². The van der Waals surface area contributed by atoms with Gasteiger partial charge in [-0.25, -0.2) is 8.78 Å². The molecule has 0 bridgehead atoms. The van der Waals surface area contributed by atoms with Crippen molar-refractivity contribution in [3.63, 3.8) is 0 Å². The molecule has 2 atom stereocenters. The van der Waals surface area contributed by atoms with Crippen LogP contribution in [0.5, 0.6) is 0 Å². The van der Waals surface area contributed by atoms with E-state index in [0.717, 1.165) is 25.8 Å². The largest absolute Gasteiger partial charge is 0.346 e. The first-order valence-electron chi connectivity index (χ1n) is 6.01. The van der Waals surface area contributed by atoms with E-state index in [2.05, 4.69) is 10.6 Å². The van der Waals surface area contributed by atoms with Crippen LogP contribution in [0.2, 0.25) is 0 Å². The number of carbonyl (C=O) groups is 1. The van der Waals surface area contributed by atoms with Gasteiger partial charge in [0, 0.05) is 6.42 Å². The van der Waals surface area contributed by atoms with E-state index in [4.69, 9.17) is 0 Å². The number of carbonyl (C=O) groups excluding carboxylic acids is 1. The van der Waals surface area contributed by atoms with E-state index in [9.17, 15) is 13.6 Å². The lowest BCUT2D eigenvalue weighted by Gasteiger charge is -2.32. The lowest BCUT2D eigenvalue weighted by atomic mass is 9.91. The van der Waals surface area contributed by atoms with Crippen molar-refractivity contribution >= 4 is 5.91 Å². The summed E-state index contributed by atoms with van der Waals surface area (Å²) in [6, 6.07) is -1.23. The van der Waals surface area contributed by atoms with Crippen LogP contribution < -0.4 is 10.6 Å². The molecule has 2 rings (SSSR count). The molecule has 1 aliphatic carbocycles. The number of hydrogen-bond donors (Lipinski definition) is 2. The highest BCUT2D eigenvalue weighted by molar-refractivity contribution is 5.82. The molecule has 0 spiro atoms. The summed E-state index contributed by atoms with van der Waals surface area (Å²) >= 11 is 0. The third-order valence-corrected chi connectivity index (χ3v) is 3.46. The summed E-state index contributed by atoms with van der Waals surface area (Å²) in [5, 5.41) is 5.52. The SMILES string of the molecule is O=C(NC1CCCCC1(F)F)C1CCCN1.